The third-order valence-electron chi connectivity index (χ3n) is 3.29. The van der Waals surface area contributed by atoms with Gasteiger partial charge in [-0.2, -0.15) is 0 Å². The van der Waals surface area contributed by atoms with Crippen molar-refractivity contribution < 1.29 is 19.1 Å². The van der Waals surface area contributed by atoms with Gasteiger partial charge >= 0.3 is 0 Å². The number of rotatable bonds is 5. The van der Waals surface area contributed by atoms with Gasteiger partial charge in [-0.15, -0.1) is 0 Å². The molecule has 0 saturated heterocycles. The molecule has 8 heteroatoms. The topological polar surface area (TPSA) is 76.7 Å². The van der Waals surface area contributed by atoms with Gasteiger partial charge in [-0.3, -0.25) is 20.4 Å². The second kappa shape index (κ2) is 9.12. The van der Waals surface area contributed by atoms with Crippen molar-refractivity contribution in [2.75, 3.05) is 14.2 Å². The second-order valence-corrected chi connectivity index (χ2v) is 5.87. The van der Waals surface area contributed by atoms with Gasteiger partial charge in [0.05, 0.1) is 19.2 Å². The van der Waals surface area contributed by atoms with E-state index in [0.717, 1.165) is 0 Å². The van der Waals surface area contributed by atoms with Gasteiger partial charge in [-0.05, 0) is 48.0 Å². The minimum absolute atomic E-state index is 0.350. The summed E-state index contributed by atoms with van der Waals surface area (Å²) in [5.41, 5.74) is 5.58. The molecule has 0 aromatic heterocycles. The molecule has 2 aromatic rings. The number of carbonyl (C=O) groups is 2. The molecule has 0 saturated carbocycles. The molecular weight excluding hydrogens is 379 g/mol. The third kappa shape index (κ3) is 5.15. The molecule has 6 nitrogen and oxygen atoms in total. The van der Waals surface area contributed by atoms with Crippen LogP contribution in [0.1, 0.15) is 15.9 Å². The maximum atomic E-state index is 11.9. The molecule has 0 radical (unpaired) electrons. The van der Waals surface area contributed by atoms with Crippen LogP contribution in [-0.4, -0.2) is 26.0 Å². The molecule has 0 bridgehead atoms. The van der Waals surface area contributed by atoms with Crippen molar-refractivity contribution in [2.45, 2.75) is 0 Å². The van der Waals surface area contributed by atoms with E-state index in [1.54, 1.807) is 36.4 Å². The highest BCUT2D eigenvalue weighted by Crippen LogP contribution is 2.36. The summed E-state index contributed by atoms with van der Waals surface area (Å²) in [6, 6.07) is 9.55. The molecule has 0 aliphatic heterocycles. The van der Waals surface area contributed by atoms with Crippen LogP contribution in [0.25, 0.3) is 6.08 Å². The quantitative estimate of drug-likeness (QED) is 0.600. The lowest BCUT2D eigenvalue weighted by atomic mass is 10.2. The van der Waals surface area contributed by atoms with Gasteiger partial charge in [0.25, 0.3) is 11.8 Å². The van der Waals surface area contributed by atoms with E-state index in [1.165, 1.54) is 26.4 Å². The molecule has 0 aliphatic carbocycles. The first-order valence-electron chi connectivity index (χ1n) is 7.40. The Kier molecular flexibility index (Phi) is 6.89. The van der Waals surface area contributed by atoms with Crippen LogP contribution in [0.15, 0.2) is 42.5 Å². The molecule has 136 valence electrons. The van der Waals surface area contributed by atoms with Crippen LogP contribution in [0, 0.1) is 0 Å². The Bertz CT molecular complexity index is 836. The maximum Gasteiger partial charge on any atom is 0.269 e. The first-order chi connectivity index (χ1) is 12.4. The number of amides is 2. The number of hydrogen-bond donors (Lipinski definition) is 2. The number of halogens is 2. The monoisotopic (exact) mass is 394 g/mol. The molecular formula is C18H16Cl2N2O4. The fraction of sp³-hybridized carbons (Fsp3) is 0.111. The summed E-state index contributed by atoms with van der Waals surface area (Å²) in [4.78, 5) is 23.7. The summed E-state index contributed by atoms with van der Waals surface area (Å²) in [6.07, 6.45) is 2.78. The average Bonchev–Trinajstić information content (AvgIpc) is 2.64. The Morgan fingerprint density at radius 2 is 1.69 bits per heavy atom. The van der Waals surface area contributed by atoms with E-state index in [1.807, 2.05) is 0 Å². The predicted molar refractivity (Wildman–Crippen MR) is 101 cm³/mol. The highest BCUT2D eigenvalue weighted by molar-refractivity contribution is 6.32. The van der Waals surface area contributed by atoms with Gasteiger partial charge in [0.1, 0.15) is 0 Å². The van der Waals surface area contributed by atoms with Crippen molar-refractivity contribution in [3.8, 4) is 11.5 Å². The van der Waals surface area contributed by atoms with Crippen molar-refractivity contribution in [3.05, 3.63) is 63.6 Å². The fourth-order valence-corrected chi connectivity index (χ4v) is 2.46. The number of carbonyl (C=O) groups excluding carboxylic acids is 2. The first-order valence-corrected chi connectivity index (χ1v) is 8.15. The first kappa shape index (κ1) is 19.6. The lowest BCUT2D eigenvalue weighted by molar-refractivity contribution is -0.117. The van der Waals surface area contributed by atoms with E-state index in [4.69, 9.17) is 32.7 Å². The Morgan fingerprint density at radius 3 is 2.31 bits per heavy atom. The smallest absolute Gasteiger partial charge is 0.269 e. The Morgan fingerprint density at radius 1 is 1.00 bits per heavy atom. The van der Waals surface area contributed by atoms with Crippen LogP contribution in [0.5, 0.6) is 11.5 Å². The summed E-state index contributed by atoms with van der Waals surface area (Å²) in [5.74, 6) is -0.127. The molecule has 0 atom stereocenters. The molecule has 0 aliphatic rings. The van der Waals surface area contributed by atoms with Crippen molar-refractivity contribution >= 4 is 41.1 Å². The lowest BCUT2D eigenvalue weighted by Crippen LogP contribution is -2.40. The van der Waals surface area contributed by atoms with Crippen molar-refractivity contribution in [2.24, 2.45) is 0 Å². The van der Waals surface area contributed by atoms with Crippen LogP contribution in [0.3, 0.4) is 0 Å². The zero-order valence-corrected chi connectivity index (χ0v) is 15.5. The van der Waals surface area contributed by atoms with Crippen LogP contribution >= 0.6 is 23.2 Å². The third-order valence-corrected chi connectivity index (χ3v) is 3.82. The number of methoxy groups -OCH3 is 2. The summed E-state index contributed by atoms with van der Waals surface area (Å²) in [7, 11) is 2.97. The average molecular weight is 395 g/mol. The Labute approximate surface area is 160 Å². The molecule has 2 N–H and O–H groups in total. The zero-order chi connectivity index (χ0) is 19.1. The van der Waals surface area contributed by atoms with Crippen molar-refractivity contribution in [1.82, 2.24) is 10.9 Å². The summed E-state index contributed by atoms with van der Waals surface area (Å²) >= 11 is 11.9. The molecule has 2 rings (SSSR count). The molecule has 2 aromatic carbocycles. The number of hydrazine groups is 1. The van der Waals surface area contributed by atoms with Gasteiger partial charge in [-0.1, -0.05) is 23.2 Å². The molecule has 0 heterocycles. The summed E-state index contributed by atoms with van der Waals surface area (Å²) < 4.78 is 10.3. The normalized spacial score (nSPS) is 10.5. The van der Waals surface area contributed by atoms with E-state index in [-0.39, 0.29) is 0 Å². The van der Waals surface area contributed by atoms with Gasteiger partial charge in [0.2, 0.25) is 0 Å². The van der Waals surface area contributed by atoms with Gasteiger partial charge in [0.15, 0.2) is 11.5 Å². The van der Waals surface area contributed by atoms with Crippen LogP contribution < -0.4 is 20.3 Å². The van der Waals surface area contributed by atoms with Crippen LogP contribution in [0.2, 0.25) is 10.0 Å². The zero-order valence-electron chi connectivity index (χ0n) is 14.0. The minimum atomic E-state index is -0.516. The van der Waals surface area contributed by atoms with Crippen LogP contribution in [0.4, 0.5) is 0 Å². The Balaban J connectivity index is 1.98. The largest absolute Gasteiger partial charge is 0.493 e. The number of hydrogen-bond acceptors (Lipinski definition) is 4. The van der Waals surface area contributed by atoms with E-state index in [2.05, 4.69) is 10.9 Å². The van der Waals surface area contributed by atoms with Gasteiger partial charge < -0.3 is 9.47 Å². The van der Waals surface area contributed by atoms with Gasteiger partial charge in [0, 0.05) is 16.7 Å². The number of ether oxygens (including phenoxy) is 2. The van der Waals surface area contributed by atoms with E-state index in [9.17, 15) is 9.59 Å². The molecule has 2 amide bonds. The van der Waals surface area contributed by atoms with E-state index >= 15 is 0 Å². The highest BCUT2D eigenvalue weighted by Gasteiger charge is 2.10. The van der Waals surface area contributed by atoms with Crippen LogP contribution in [-0.2, 0) is 4.79 Å². The lowest BCUT2D eigenvalue weighted by Gasteiger charge is -2.10. The molecule has 0 unspecified atom stereocenters. The number of benzene rings is 2. The number of nitrogens with one attached hydrogen (secondary N) is 2. The Hall–Kier alpha value is -2.70. The van der Waals surface area contributed by atoms with Crippen molar-refractivity contribution in [1.29, 1.82) is 0 Å². The predicted octanol–water partition coefficient (Wildman–Crippen LogP) is 3.49. The minimum Gasteiger partial charge on any atom is -0.493 e. The standard InChI is InChI=1S/C18H16Cl2N2O4/c1-25-15-10-11(9-14(20)17(15)26-2)3-8-16(23)21-22-18(24)12-4-6-13(19)7-5-12/h3-10H,1-2H3,(H,21,23)(H,22,24)/b8-3+. The van der Waals surface area contributed by atoms with Crippen molar-refractivity contribution in [3.63, 3.8) is 0 Å². The molecule has 26 heavy (non-hydrogen) atoms. The fourth-order valence-electron chi connectivity index (χ4n) is 2.04. The SMILES string of the molecule is COc1cc(/C=C/C(=O)NNC(=O)c2ccc(Cl)cc2)cc(Cl)c1OC. The highest BCUT2D eigenvalue weighted by atomic mass is 35.5. The van der Waals surface area contributed by atoms with Gasteiger partial charge in [-0.25, -0.2) is 0 Å². The molecule has 0 fully saturated rings. The summed E-state index contributed by atoms with van der Waals surface area (Å²) in [6.45, 7) is 0. The summed E-state index contributed by atoms with van der Waals surface area (Å²) in [5, 5.41) is 0.866. The van der Waals surface area contributed by atoms with E-state index < -0.39 is 11.8 Å². The second-order valence-electron chi connectivity index (χ2n) is 5.02. The maximum absolute atomic E-state index is 11.9. The van der Waals surface area contributed by atoms with E-state index in [0.29, 0.717) is 32.7 Å². The molecule has 0 spiro atoms.